The van der Waals surface area contributed by atoms with Crippen LogP contribution in [0.25, 0.3) is 0 Å². The van der Waals surface area contributed by atoms with Crippen LogP contribution in [0.4, 0.5) is 8.78 Å². The van der Waals surface area contributed by atoms with Gasteiger partial charge in [-0.05, 0) is 12.1 Å². The highest BCUT2D eigenvalue weighted by Crippen LogP contribution is 2.05. The molecule has 0 bridgehead atoms. The first kappa shape index (κ1) is 17.5. The Morgan fingerprint density at radius 1 is 0.565 bits per heavy atom. The van der Waals surface area contributed by atoms with Crippen LogP contribution in [-0.4, -0.2) is 26.2 Å². The number of benzene rings is 2. The summed E-state index contributed by atoms with van der Waals surface area (Å²) in [7, 11) is 0. The van der Waals surface area contributed by atoms with Gasteiger partial charge in [0.25, 0.3) is 0 Å². The van der Waals surface area contributed by atoms with Crippen molar-refractivity contribution < 1.29 is 8.78 Å². The van der Waals surface area contributed by atoms with Gasteiger partial charge < -0.3 is 16.0 Å². The van der Waals surface area contributed by atoms with Gasteiger partial charge in [-0.15, -0.1) is 0 Å². The van der Waals surface area contributed by atoms with Crippen LogP contribution < -0.4 is 16.0 Å². The maximum absolute atomic E-state index is 13.4. The summed E-state index contributed by atoms with van der Waals surface area (Å²) in [4.78, 5) is 0. The van der Waals surface area contributed by atoms with E-state index >= 15 is 0 Å². The van der Waals surface area contributed by atoms with Gasteiger partial charge >= 0.3 is 0 Å². The van der Waals surface area contributed by atoms with E-state index in [-0.39, 0.29) is 11.6 Å². The molecule has 124 valence electrons. The third-order valence-electron chi connectivity index (χ3n) is 3.50. The van der Waals surface area contributed by atoms with Crippen LogP contribution in [0.15, 0.2) is 48.5 Å². The molecule has 0 aromatic heterocycles. The average Bonchev–Trinajstić information content (AvgIpc) is 2.56. The molecule has 0 radical (unpaired) electrons. The normalized spacial score (nSPS) is 10.9. The molecule has 0 aliphatic heterocycles. The van der Waals surface area contributed by atoms with Gasteiger partial charge in [0.2, 0.25) is 0 Å². The maximum atomic E-state index is 13.4. The molecule has 23 heavy (non-hydrogen) atoms. The van der Waals surface area contributed by atoms with Gasteiger partial charge in [-0.3, -0.25) is 0 Å². The van der Waals surface area contributed by atoms with Gasteiger partial charge in [-0.1, -0.05) is 36.4 Å². The molecule has 5 heteroatoms. The molecule has 0 unspecified atom stereocenters. The van der Waals surface area contributed by atoms with Crippen molar-refractivity contribution >= 4 is 0 Å². The van der Waals surface area contributed by atoms with Crippen molar-refractivity contribution in [2.24, 2.45) is 0 Å². The SMILES string of the molecule is Fc1ccccc1CNCCNCCNCc1ccccc1F. The number of rotatable bonds is 10. The molecule has 2 aromatic carbocycles. The van der Waals surface area contributed by atoms with Crippen molar-refractivity contribution in [3.63, 3.8) is 0 Å². The van der Waals surface area contributed by atoms with E-state index in [2.05, 4.69) is 16.0 Å². The molecule has 2 aromatic rings. The highest BCUT2D eigenvalue weighted by molar-refractivity contribution is 5.17. The zero-order valence-electron chi connectivity index (χ0n) is 13.1. The zero-order valence-corrected chi connectivity index (χ0v) is 13.1. The van der Waals surface area contributed by atoms with Crippen molar-refractivity contribution in [3.05, 3.63) is 71.3 Å². The lowest BCUT2D eigenvalue weighted by Gasteiger charge is -2.09. The lowest BCUT2D eigenvalue weighted by atomic mass is 10.2. The minimum atomic E-state index is -0.176. The topological polar surface area (TPSA) is 36.1 Å². The summed E-state index contributed by atoms with van der Waals surface area (Å²) in [6.07, 6.45) is 0. The first-order chi connectivity index (χ1) is 11.3. The van der Waals surface area contributed by atoms with Gasteiger partial charge in [0.05, 0.1) is 0 Å². The summed E-state index contributed by atoms with van der Waals surface area (Å²) < 4.78 is 26.8. The molecule has 0 amide bonds. The Kier molecular flexibility index (Phi) is 7.66. The second kappa shape index (κ2) is 10.0. The fourth-order valence-electron chi connectivity index (χ4n) is 2.21. The summed E-state index contributed by atoms with van der Waals surface area (Å²) in [6, 6.07) is 13.5. The number of halogens is 2. The van der Waals surface area contributed by atoms with Crippen LogP contribution in [-0.2, 0) is 13.1 Å². The molecule has 0 heterocycles. The first-order valence-corrected chi connectivity index (χ1v) is 7.86. The Morgan fingerprint density at radius 3 is 1.39 bits per heavy atom. The number of hydrogen-bond donors (Lipinski definition) is 3. The molecule has 0 spiro atoms. The Hall–Kier alpha value is -1.82. The molecule has 0 saturated carbocycles. The molecule has 0 aliphatic carbocycles. The van der Waals surface area contributed by atoms with Gasteiger partial charge in [-0.25, -0.2) is 8.78 Å². The zero-order chi connectivity index (χ0) is 16.3. The predicted octanol–water partition coefficient (Wildman–Crippen LogP) is 2.43. The van der Waals surface area contributed by atoms with Gasteiger partial charge in [0.15, 0.2) is 0 Å². The highest BCUT2D eigenvalue weighted by atomic mass is 19.1. The summed E-state index contributed by atoms with van der Waals surface area (Å²) >= 11 is 0. The predicted molar refractivity (Wildman–Crippen MR) is 89.1 cm³/mol. The molecule has 0 atom stereocenters. The Morgan fingerprint density at radius 2 is 0.957 bits per heavy atom. The smallest absolute Gasteiger partial charge is 0.127 e. The van der Waals surface area contributed by atoms with Crippen molar-refractivity contribution in [1.82, 2.24) is 16.0 Å². The molecule has 0 aliphatic rings. The van der Waals surface area contributed by atoms with E-state index in [0.717, 1.165) is 26.2 Å². The first-order valence-electron chi connectivity index (χ1n) is 7.86. The van der Waals surface area contributed by atoms with E-state index in [1.807, 2.05) is 12.1 Å². The van der Waals surface area contributed by atoms with Crippen molar-refractivity contribution in [3.8, 4) is 0 Å². The van der Waals surface area contributed by atoms with Gasteiger partial charge in [-0.2, -0.15) is 0 Å². The van der Waals surface area contributed by atoms with E-state index in [0.29, 0.717) is 24.2 Å². The second-order valence-electron chi connectivity index (χ2n) is 5.29. The standard InChI is InChI=1S/C18H23F2N3/c19-17-7-3-1-5-15(17)13-22-11-9-21-10-12-23-14-16-6-2-4-8-18(16)20/h1-8,21-23H,9-14H2. The third-order valence-corrected chi connectivity index (χ3v) is 3.50. The fourth-order valence-corrected chi connectivity index (χ4v) is 2.21. The monoisotopic (exact) mass is 319 g/mol. The summed E-state index contributed by atoms with van der Waals surface area (Å²) in [5.41, 5.74) is 1.36. The minimum Gasteiger partial charge on any atom is -0.314 e. The fraction of sp³-hybridized carbons (Fsp3) is 0.333. The molecule has 0 fully saturated rings. The second-order valence-corrected chi connectivity index (χ2v) is 5.29. The van der Waals surface area contributed by atoms with E-state index in [4.69, 9.17) is 0 Å². The van der Waals surface area contributed by atoms with Crippen LogP contribution in [0.5, 0.6) is 0 Å². The molecule has 3 nitrogen and oxygen atoms in total. The lowest BCUT2D eigenvalue weighted by Crippen LogP contribution is -2.32. The Balaban J connectivity index is 1.47. The summed E-state index contributed by atoms with van der Waals surface area (Å²) in [5, 5.41) is 9.66. The molecule has 3 N–H and O–H groups in total. The minimum absolute atomic E-state index is 0.176. The van der Waals surface area contributed by atoms with E-state index < -0.39 is 0 Å². The highest BCUT2D eigenvalue weighted by Gasteiger charge is 2.00. The van der Waals surface area contributed by atoms with Gasteiger partial charge in [0, 0.05) is 50.4 Å². The van der Waals surface area contributed by atoms with Gasteiger partial charge in [0.1, 0.15) is 11.6 Å². The third kappa shape index (κ3) is 6.44. The molecular formula is C18H23F2N3. The molecule has 2 rings (SSSR count). The lowest BCUT2D eigenvalue weighted by molar-refractivity contribution is 0.555. The Labute approximate surface area is 136 Å². The van der Waals surface area contributed by atoms with Crippen molar-refractivity contribution in [2.45, 2.75) is 13.1 Å². The average molecular weight is 319 g/mol. The van der Waals surface area contributed by atoms with Crippen LogP contribution in [0.3, 0.4) is 0 Å². The largest absolute Gasteiger partial charge is 0.314 e. The maximum Gasteiger partial charge on any atom is 0.127 e. The van der Waals surface area contributed by atoms with Crippen LogP contribution >= 0.6 is 0 Å². The van der Waals surface area contributed by atoms with E-state index in [1.54, 1.807) is 24.3 Å². The number of nitrogens with one attached hydrogen (secondary N) is 3. The quantitative estimate of drug-likeness (QED) is 0.589. The van der Waals surface area contributed by atoms with E-state index in [1.165, 1.54) is 12.1 Å². The number of hydrogen-bond acceptors (Lipinski definition) is 3. The van der Waals surface area contributed by atoms with Crippen molar-refractivity contribution in [2.75, 3.05) is 26.2 Å². The van der Waals surface area contributed by atoms with E-state index in [9.17, 15) is 8.78 Å². The summed E-state index contributed by atoms with van der Waals surface area (Å²) in [5.74, 6) is -0.351. The van der Waals surface area contributed by atoms with Crippen LogP contribution in [0.1, 0.15) is 11.1 Å². The van der Waals surface area contributed by atoms with Crippen LogP contribution in [0.2, 0.25) is 0 Å². The van der Waals surface area contributed by atoms with Crippen molar-refractivity contribution in [1.29, 1.82) is 0 Å². The summed E-state index contributed by atoms with van der Waals surface area (Å²) in [6.45, 7) is 4.19. The van der Waals surface area contributed by atoms with Crippen LogP contribution in [0, 0.1) is 11.6 Å². The molecule has 0 saturated heterocycles. The molecular weight excluding hydrogens is 296 g/mol. The Bertz CT molecular complexity index is 538.